The van der Waals surface area contributed by atoms with Crippen molar-refractivity contribution < 1.29 is 19.4 Å². The van der Waals surface area contributed by atoms with Crippen molar-refractivity contribution in [1.29, 1.82) is 0 Å². The highest BCUT2D eigenvalue weighted by molar-refractivity contribution is 9.10. The van der Waals surface area contributed by atoms with E-state index in [1.165, 1.54) is 12.1 Å². The highest BCUT2D eigenvalue weighted by atomic mass is 79.9. The van der Waals surface area contributed by atoms with E-state index < -0.39 is 17.5 Å². The number of halogens is 2. The average Bonchev–Trinajstić information content (AvgIpc) is 2.32. The molecule has 0 saturated carbocycles. The lowest BCUT2D eigenvalue weighted by Gasteiger charge is -2.20. The zero-order chi connectivity index (χ0) is 16.1. The fourth-order valence-electron chi connectivity index (χ4n) is 1.23. The van der Waals surface area contributed by atoms with E-state index in [2.05, 4.69) is 15.9 Å². The smallest absolute Gasteiger partial charge is 0.339 e. The first kappa shape index (κ1) is 18.9. The molecule has 0 aromatic heterocycles. The van der Waals surface area contributed by atoms with Crippen molar-refractivity contribution >= 4 is 39.5 Å². The third-order valence-corrected chi connectivity index (χ3v) is 3.11. The number of carboxylic acids is 1. The lowest BCUT2D eigenvalue weighted by atomic mass is 10.1. The predicted molar refractivity (Wildman–Crippen MR) is 82.6 cm³/mol. The lowest BCUT2D eigenvalue weighted by molar-refractivity contribution is 0.00658. The molecular formula is C14H18BrClO4. The SMILES string of the molecule is CC.CC(C)(C)OC(=O)c1cc(Br)c(Cl)cc1C(=O)O. The fraction of sp³-hybridized carbons (Fsp3) is 0.429. The summed E-state index contributed by atoms with van der Waals surface area (Å²) >= 11 is 8.95. The summed E-state index contributed by atoms with van der Waals surface area (Å²) in [6.07, 6.45) is 0. The van der Waals surface area contributed by atoms with E-state index in [1.807, 2.05) is 13.8 Å². The van der Waals surface area contributed by atoms with Crippen molar-refractivity contribution in [2.75, 3.05) is 0 Å². The Hall–Kier alpha value is -1.07. The fourth-order valence-corrected chi connectivity index (χ4v) is 1.73. The molecule has 4 nitrogen and oxygen atoms in total. The molecule has 0 aliphatic rings. The number of benzene rings is 1. The van der Waals surface area contributed by atoms with Crippen LogP contribution >= 0.6 is 27.5 Å². The summed E-state index contributed by atoms with van der Waals surface area (Å²) in [5.41, 5.74) is -0.912. The molecule has 1 N–H and O–H groups in total. The molecule has 1 aromatic rings. The summed E-state index contributed by atoms with van der Waals surface area (Å²) in [6.45, 7) is 9.11. The second-order valence-corrected chi connectivity index (χ2v) is 5.88. The highest BCUT2D eigenvalue weighted by Gasteiger charge is 2.24. The Morgan fingerprint density at radius 1 is 1.20 bits per heavy atom. The lowest BCUT2D eigenvalue weighted by Crippen LogP contribution is -2.25. The summed E-state index contributed by atoms with van der Waals surface area (Å²) in [7, 11) is 0. The van der Waals surface area contributed by atoms with Crippen LogP contribution in [0.2, 0.25) is 5.02 Å². The molecule has 0 amide bonds. The van der Waals surface area contributed by atoms with Gasteiger partial charge in [0, 0.05) is 4.47 Å². The van der Waals surface area contributed by atoms with Gasteiger partial charge >= 0.3 is 11.9 Å². The number of rotatable bonds is 2. The third-order valence-electron chi connectivity index (χ3n) is 1.91. The molecule has 0 atom stereocenters. The van der Waals surface area contributed by atoms with Crippen molar-refractivity contribution in [2.45, 2.75) is 40.2 Å². The van der Waals surface area contributed by atoms with Crippen LogP contribution in [0.15, 0.2) is 16.6 Å². The van der Waals surface area contributed by atoms with Crippen LogP contribution < -0.4 is 0 Å². The van der Waals surface area contributed by atoms with Crippen molar-refractivity contribution in [3.8, 4) is 0 Å². The first-order chi connectivity index (χ1) is 9.11. The molecular weight excluding hydrogens is 348 g/mol. The Bertz CT molecular complexity index is 507. The Kier molecular flexibility index (Phi) is 7.23. The molecule has 0 fully saturated rings. The van der Waals surface area contributed by atoms with Gasteiger partial charge in [0.25, 0.3) is 0 Å². The van der Waals surface area contributed by atoms with Gasteiger partial charge in [-0.3, -0.25) is 0 Å². The number of carbonyl (C=O) groups is 2. The monoisotopic (exact) mass is 364 g/mol. The van der Waals surface area contributed by atoms with E-state index in [4.69, 9.17) is 21.4 Å². The van der Waals surface area contributed by atoms with Crippen LogP contribution in [0, 0.1) is 0 Å². The molecule has 0 spiro atoms. The Balaban J connectivity index is 0.00000172. The summed E-state index contributed by atoms with van der Waals surface area (Å²) in [5, 5.41) is 9.27. The number of aromatic carboxylic acids is 1. The zero-order valence-corrected chi connectivity index (χ0v) is 14.4. The number of carboxylic acid groups (broad SMARTS) is 1. The predicted octanol–water partition coefficient (Wildman–Crippen LogP) is 4.78. The van der Waals surface area contributed by atoms with Gasteiger partial charge in [-0.25, -0.2) is 9.59 Å². The van der Waals surface area contributed by atoms with Gasteiger partial charge in [0.05, 0.1) is 16.1 Å². The minimum atomic E-state index is -1.23. The van der Waals surface area contributed by atoms with Crippen molar-refractivity contribution in [1.82, 2.24) is 0 Å². The van der Waals surface area contributed by atoms with Gasteiger partial charge in [-0.15, -0.1) is 0 Å². The van der Waals surface area contributed by atoms with Crippen molar-refractivity contribution in [3.63, 3.8) is 0 Å². The van der Waals surface area contributed by atoms with Gasteiger partial charge in [0.1, 0.15) is 5.60 Å². The van der Waals surface area contributed by atoms with E-state index in [0.717, 1.165) is 0 Å². The molecule has 0 saturated heterocycles. The number of ether oxygens (including phenoxy) is 1. The van der Waals surface area contributed by atoms with Gasteiger partial charge in [-0.05, 0) is 48.8 Å². The van der Waals surface area contributed by atoms with Crippen LogP contribution in [-0.2, 0) is 4.74 Å². The van der Waals surface area contributed by atoms with Gasteiger partial charge in [0.15, 0.2) is 0 Å². The first-order valence-corrected chi connectivity index (χ1v) is 7.24. The Labute approximate surface area is 132 Å². The van der Waals surface area contributed by atoms with Gasteiger partial charge in [0.2, 0.25) is 0 Å². The van der Waals surface area contributed by atoms with Gasteiger partial charge in [-0.2, -0.15) is 0 Å². The Morgan fingerprint density at radius 2 is 1.70 bits per heavy atom. The van der Waals surface area contributed by atoms with E-state index in [9.17, 15) is 9.59 Å². The maximum absolute atomic E-state index is 11.9. The zero-order valence-electron chi connectivity index (χ0n) is 12.1. The van der Waals surface area contributed by atoms with Gasteiger partial charge < -0.3 is 9.84 Å². The minimum absolute atomic E-state index is 0.0336. The van der Waals surface area contributed by atoms with Crippen molar-refractivity contribution in [2.24, 2.45) is 0 Å². The molecule has 0 unspecified atom stereocenters. The molecule has 0 bridgehead atoms. The molecule has 0 aliphatic heterocycles. The largest absolute Gasteiger partial charge is 0.478 e. The van der Waals surface area contributed by atoms with Gasteiger partial charge in [-0.1, -0.05) is 25.4 Å². The van der Waals surface area contributed by atoms with Crippen LogP contribution in [0.1, 0.15) is 55.3 Å². The van der Waals surface area contributed by atoms with E-state index in [-0.39, 0.29) is 16.1 Å². The molecule has 1 rings (SSSR count). The first-order valence-electron chi connectivity index (χ1n) is 6.07. The molecule has 0 heterocycles. The molecule has 6 heteroatoms. The van der Waals surface area contributed by atoms with E-state index >= 15 is 0 Å². The maximum Gasteiger partial charge on any atom is 0.339 e. The topological polar surface area (TPSA) is 63.6 Å². The van der Waals surface area contributed by atoms with Crippen LogP contribution in [0.4, 0.5) is 0 Å². The number of carbonyl (C=O) groups excluding carboxylic acids is 1. The third kappa shape index (κ3) is 5.51. The number of esters is 1. The quantitative estimate of drug-likeness (QED) is 0.766. The highest BCUT2D eigenvalue weighted by Crippen LogP contribution is 2.27. The van der Waals surface area contributed by atoms with E-state index in [0.29, 0.717) is 4.47 Å². The van der Waals surface area contributed by atoms with E-state index in [1.54, 1.807) is 20.8 Å². The molecule has 0 radical (unpaired) electrons. The summed E-state index contributed by atoms with van der Waals surface area (Å²) in [5.74, 6) is -1.93. The van der Waals surface area contributed by atoms with Crippen molar-refractivity contribution in [3.05, 3.63) is 32.8 Å². The summed E-state index contributed by atoms with van der Waals surface area (Å²) < 4.78 is 5.58. The second kappa shape index (κ2) is 7.64. The summed E-state index contributed by atoms with van der Waals surface area (Å²) in [6, 6.07) is 2.56. The van der Waals surface area contributed by atoms with Crippen LogP contribution in [0.25, 0.3) is 0 Å². The maximum atomic E-state index is 11.9. The minimum Gasteiger partial charge on any atom is -0.478 e. The van der Waals surface area contributed by atoms with Crippen LogP contribution in [0.5, 0.6) is 0 Å². The van der Waals surface area contributed by atoms with Crippen LogP contribution in [0.3, 0.4) is 0 Å². The molecule has 0 aliphatic carbocycles. The Morgan fingerprint density at radius 3 is 2.10 bits per heavy atom. The van der Waals surface area contributed by atoms with Crippen LogP contribution in [-0.4, -0.2) is 22.6 Å². The number of hydrogen-bond donors (Lipinski definition) is 1. The molecule has 20 heavy (non-hydrogen) atoms. The molecule has 112 valence electrons. The average molecular weight is 366 g/mol. The normalized spacial score (nSPS) is 10.3. The molecule has 1 aromatic carbocycles. The number of hydrogen-bond acceptors (Lipinski definition) is 3. The second-order valence-electron chi connectivity index (χ2n) is 4.62. The standard InChI is InChI=1S/C12H12BrClO4.C2H6/c1-12(2,3)18-11(17)7-4-8(13)9(14)5-6(7)10(15)16;1-2/h4-5H,1-3H3,(H,15,16);1-2H3. The summed E-state index contributed by atoms with van der Waals surface area (Å²) in [4.78, 5) is 23.0.